The van der Waals surface area contributed by atoms with Crippen molar-refractivity contribution in [2.75, 3.05) is 0 Å². The summed E-state index contributed by atoms with van der Waals surface area (Å²) in [5, 5.41) is 0. The van der Waals surface area contributed by atoms with Crippen LogP contribution in [0, 0.1) is 0 Å². The van der Waals surface area contributed by atoms with Crippen LogP contribution < -0.4 is 0 Å². The molecule has 0 saturated heterocycles. The van der Waals surface area contributed by atoms with Crippen molar-refractivity contribution in [3.05, 3.63) is 0 Å². The van der Waals surface area contributed by atoms with Crippen LogP contribution in [-0.2, 0) is 4.74 Å². The van der Waals surface area contributed by atoms with Crippen molar-refractivity contribution in [3.8, 4) is 0 Å². The van der Waals surface area contributed by atoms with Gasteiger partial charge in [-0.25, -0.2) is 0 Å². The van der Waals surface area contributed by atoms with Crippen molar-refractivity contribution in [1.82, 2.24) is 0 Å². The molecule has 0 aromatic heterocycles. The Morgan fingerprint density at radius 3 is 1.75 bits per heavy atom. The van der Waals surface area contributed by atoms with Crippen molar-refractivity contribution < 1.29 is 4.74 Å². The molecule has 0 fully saturated rings. The Bertz CT molecular complexity index is 136. The molecule has 0 aromatic carbocycles. The van der Waals surface area contributed by atoms with Gasteiger partial charge in [0.2, 0.25) is 0 Å². The van der Waals surface area contributed by atoms with E-state index < -0.39 is 0 Å². The lowest BCUT2D eigenvalue weighted by atomic mass is 10.0. The molecule has 0 rings (SSSR count). The van der Waals surface area contributed by atoms with Gasteiger partial charge in [-0.05, 0) is 34.6 Å². The first kappa shape index (κ1) is 12.5. The zero-order valence-corrected chi connectivity index (χ0v) is 9.96. The molecule has 0 saturated carbocycles. The maximum atomic E-state index is 5.77. The summed E-state index contributed by atoms with van der Waals surface area (Å²) in [5.74, 6) is 0. The molecule has 0 N–H and O–H groups in total. The van der Waals surface area contributed by atoms with Gasteiger partial charge in [0, 0.05) is 6.42 Å². The molecule has 0 spiro atoms. The smallest absolute Gasteiger partial charge is 0.110 e. The predicted molar refractivity (Wildman–Crippen MR) is 55.0 cm³/mol. The molecule has 0 radical (unpaired) electrons. The first-order chi connectivity index (χ1) is 5.12. The van der Waals surface area contributed by atoms with Crippen molar-refractivity contribution in [1.29, 1.82) is 0 Å². The Labute approximate surface area is 85.4 Å². The van der Waals surface area contributed by atoms with Gasteiger partial charge in [0.1, 0.15) is 4.84 Å². The van der Waals surface area contributed by atoms with Crippen molar-refractivity contribution in [2.24, 2.45) is 0 Å². The highest BCUT2D eigenvalue weighted by molar-refractivity contribution is 6.44. The summed E-state index contributed by atoms with van der Waals surface area (Å²) in [6, 6.07) is 0. The molecule has 0 amide bonds. The molecule has 0 atom stereocenters. The van der Waals surface area contributed by atoms with Gasteiger partial charge in [0.25, 0.3) is 0 Å². The fraction of sp³-hybridized carbons (Fsp3) is 1.00. The minimum Gasteiger partial charge on any atom is -0.370 e. The van der Waals surface area contributed by atoms with E-state index in [1.165, 1.54) is 0 Å². The maximum absolute atomic E-state index is 5.77. The monoisotopic (exact) mass is 212 g/mol. The van der Waals surface area contributed by atoms with E-state index in [1.54, 1.807) is 0 Å². The van der Waals surface area contributed by atoms with Gasteiger partial charge in [-0.1, -0.05) is 0 Å². The number of hydrogen-bond acceptors (Lipinski definition) is 1. The molecule has 3 heteroatoms. The Hall–Kier alpha value is 0.540. The Kier molecular flexibility index (Phi) is 4.35. The first-order valence-corrected chi connectivity index (χ1v) is 4.98. The third-order valence-corrected chi connectivity index (χ3v) is 1.54. The molecule has 1 nitrogen and oxygen atoms in total. The summed E-state index contributed by atoms with van der Waals surface area (Å²) in [6.45, 7) is 10.1. The normalized spacial score (nSPS) is 14.0. The molecule has 0 heterocycles. The SMILES string of the molecule is CC(C)(C)OC(C)(C)CC(Cl)Cl. The quantitative estimate of drug-likeness (QED) is 0.648. The summed E-state index contributed by atoms with van der Waals surface area (Å²) in [6.07, 6.45) is 0.646. The molecule has 0 aliphatic heterocycles. The van der Waals surface area contributed by atoms with Gasteiger partial charge in [-0.15, -0.1) is 23.2 Å². The van der Waals surface area contributed by atoms with E-state index in [1.807, 2.05) is 34.6 Å². The zero-order chi connectivity index (χ0) is 9.99. The highest BCUT2D eigenvalue weighted by Crippen LogP contribution is 2.27. The molecule has 0 aliphatic rings. The van der Waals surface area contributed by atoms with Crippen LogP contribution in [0.25, 0.3) is 0 Å². The molecule has 0 aliphatic carbocycles. The number of halogens is 2. The lowest BCUT2D eigenvalue weighted by Crippen LogP contribution is -2.36. The van der Waals surface area contributed by atoms with Crippen LogP contribution in [0.4, 0.5) is 0 Å². The summed E-state index contributed by atoms with van der Waals surface area (Å²) in [4.78, 5) is -0.359. The lowest BCUT2D eigenvalue weighted by molar-refractivity contribution is -0.114. The van der Waals surface area contributed by atoms with E-state index in [4.69, 9.17) is 27.9 Å². The number of ether oxygens (including phenoxy) is 1. The number of hydrogen-bond donors (Lipinski definition) is 0. The highest BCUT2D eigenvalue weighted by Gasteiger charge is 2.27. The molecular formula is C9H18Cl2O. The third-order valence-electron chi connectivity index (χ3n) is 1.23. The van der Waals surface area contributed by atoms with E-state index in [9.17, 15) is 0 Å². The second kappa shape index (κ2) is 4.17. The fourth-order valence-electron chi connectivity index (χ4n) is 1.24. The maximum Gasteiger partial charge on any atom is 0.110 e. The Morgan fingerprint density at radius 1 is 1.08 bits per heavy atom. The Morgan fingerprint density at radius 2 is 1.50 bits per heavy atom. The zero-order valence-electron chi connectivity index (χ0n) is 8.45. The van der Waals surface area contributed by atoms with Crippen LogP contribution in [0.3, 0.4) is 0 Å². The van der Waals surface area contributed by atoms with Gasteiger partial charge in [0.15, 0.2) is 0 Å². The van der Waals surface area contributed by atoms with Gasteiger partial charge in [-0.2, -0.15) is 0 Å². The fourth-order valence-corrected chi connectivity index (χ4v) is 1.99. The summed E-state index contributed by atoms with van der Waals surface area (Å²) < 4.78 is 5.77. The van der Waals surface area contributed by atoms with Crippen LogP contribution in [0.2, 0.25) is 0 Å². The standard InChI is InChI=1S/C9H18Cl2O/c1-8(2,3)12-9(4,5)6-7(10)11/h7H,6H2,1-5H3. The topological polar surface area (TPSA) is 9.23 Å². The largest absolute Gasteiger partial charge is 0.370 e. The number of rotatable bonds is 3. The van der Waals surface area contributed by atoms with Crippen LogP contribution in [0.1, 0.15) is 41.0 Å². The minimum absolute atomic E-state index is 0.147. The van der Waals surface area contributed by atoms with E-state index >= 15 is 0 Å². The average molecular weight is 213 g/mol. The van der Waals surface area contributed by atoms with E-state index in [0.29, 0.717) is 6.42 Å². The number of alkyl halides is 2. The van der Waals surface area contributed by atoms with Crippen molar-refractivity contribution in [3.63, 3.8) is 0 Å². The second-order valence-corrected chi connectivity index (χ2v) is 5.85. The van der Waals surface area contributed by atoms with Crippen LogP contribution in [0.5, 0.6) is 0 Å². The van der Waals surface area contributed by atoms with E-state index in [0.717, 1.165) is 0 Å². The van der Waals surface area contributed by atoms with Crippen molar-refractivity contribution in [2.45, 2.75) is 57.1 Å². The summed E-state index contributed by atoms with van der Waals surface area (Å²) >= 11 is 11.4. The summed E-state index contributed by atoms with van der Waals surface area (Å²) in [7, 11) is 0. The van der Waals surface area contributed by atoms with Crippen LogP contribution in [-0.4, -0.2) is 16.0 Å². The minimum atomic E-state index is -0.359. The lowest BCUT2D eigenvalue weighted by Gasteiger charge is -2.34. The molecule has 12 heavy (non-hydrogen) atoms. The van der Waals surface area contributed by atoms with Gasteiger partial charge < -0.3 is 4.74 Å². The highest BCUT2D eigenvalue weighted by atomic mass is 35.5. The molecule has 0 bridgehead atoms. The summed E-state index contributed by atoms with van der Waals surface area (Å²) in [5.41, 5.74) is -0.404. The van der Waals surface area contributed by atoms with E-state index in [2.05, 4.69) is 0 Å². The molecule has 0 aromatic rings. The van der Waals surface area contributed by atoms with Gasteiger partial charge in [-0.3, -0.25) is 0 Å². The third kappa shape index (κ3) is 7.20. The predicted octanol–water partition coefficient (Wildman–Crippen LogP) is 3.77. The van der Waals surface area contributed by atoms with Gasteiger partial charge in [0.05, 0.1) is 11.2 Å². The van der Waals surface area contributed by atoms with Crippen LogP contribution >= 0.6 is 23.2 Å². The first-order valence-electron chi connectivity index (χ1n) is 4.11. The van der Waals surface area contributed by atoms with Crippen LogP contribution in [0.15, 0.2) is 0 Å². The second-order valence-electron chi connectivity index (χ2n) is 4.57. The Balaban J connectivity index is 4.04. The van der Waals surface area contributed by atoms with E-state index in [-0.39, 0.29) is 16.0 Å². The average Bonchev–Trinajstić information content (AvgIpc) is 1.48. The molecule has 0 unspecified atom stereocenters. The molecule has 74 valence electrons. The van der Waals surface area contributed by atoms with Crippen molar-refractivity contribution >= 4 is 23.2 Å². The molecular weight excluding hydrogens is 195 g/mol. The van der Waals surface area contributed by atoms with Gasteiger partial charge >= 0.3 is 0 Å².